The fourth-order valence-corrected chi connectivity index (χ4v) is 2.57. The van der Waals surface area contributed by atoms with Gasteiger partial charge in [-0.15, -0.1) is 11.3 Å². The van der Waals surface area contributed by atoms with Gasteiger partial charge in [0, 0.05) is 5.38 Å². The lowest BCUT2D eigenvalue weighted by atomic mass is 10.1. The summed E-state index contributed by atoms with van der Waals surface area (Å²) in [5.41, 5.74) is 1.69. The first-order valence-corrected chi connectivity index (χ1v) is 7.03. The Labute approximate surface area is 121 Å². The zero-order chi connectivity index (χ0) is 14.5. The maximum atomic E-state index is 10.6. The molecule has 1 aromatic heterocycles. The highest BCUT2D eigenvalue weighted by Crippen LogP contribution is 2.24. The summed E-state index contributed by atoms with van der Waals surface area (Å²) >= 11 is 1.41. The Morgan fingerprint density at radius 3 is 2.75 bits per heavy atom. The second-order valence-corrected chi connectivity index (χ2v) is 5.21. The quantitative estimate of drug-likeness (QED) is 0.856. The molecule has 0 radical (unpaired) electrons. The molecule has 0 aliphatic rings. The van der Waals surface area contributed by atoms with Crippen molar-refractivity contribution in [2.45, 2.75) is 19.4 Å². The summed E-state index contributed by atoms with van der Waals surface area (Å²) in [6.45, 7) is 2.03. The summed E-state index contributed by atoms with van der Waals surface area (Å²) in [6.07, 6.45) is -0.0465. The third-order valence-electron chi connectivity index (χ3n) is 2.84. The van der Waals surface area contributed by atoms with Crippen molar-refractivity contribution in [1.82, 2.24) is 4.98 Å². The van der Waals surface area contributed by atoms with E-state index < -0.39 is 5.97 Å². The number of hydrogen-bond donors (Lipinski definition) is 2. The minimum Gasteiger partial charge on any atom is -0.497 e. The van der Waals surface area contributed by atoms with Crippen molar-refractivity contribution in [2.24, 2.45) is 0 Å². The van der Waals surface area contributed by atoms with Crippen molar-refractivity contribution in [3.63, 3.8) is 0 Å². The normalized spacial score (nSPS) is 11.9. The van der Waals surface area contributed by atoms with Gasteiger partial charge in [0.05, 0.1) is 25.3 Å². The number of carboxylic acid groups (broad SMARTS) is 1. The number of methoxy groups -OCH3 is 1. The number of carboxylic acids is 1. The van der Waals surface area contributed by atoms with Crippen LogP contribution in [0.2, 0.25) is 0 Å². The molecule has 5 nitrogen and oxygen atoms in total. The zero-order valence-electron chi connectivity index (χ0n) is 11.3. The fourth-order valence-electron chi connectivity index (χ4n) is 1.77. The molecule has 2 rings (SSSR count). The van der Waals surface area contributed by atoms with E-state index in [-0.39, 0.29) is 12.5 Å². The van der Waals surface area contributed by atoms with Crippen molar-refractivity contribution in [2.75, 3.05) is 12.4 Å². The Kier molecular flexibility index (Phi) is 4.57. The molecule has 1 aromatic carbocycles. The van der Waals surface area contributed by atoms with E-state index in [0.29, 0.717) is 5.69 Å². The molecular formula is C14H16N2O3S. The van der Waals surface area contributed by atoms with E-state index >= 15 is 0 Å². The standard InChI is InChI=1S/C14H16N2O3S/c1-9(10-3-5-12(19-2)6-4-10)15-14-16-11(8-20-14)7-13(17)18/h3-6,8-9H,7H2,1-2H3,(H,15,16)(H,17,18). The van der Waals surface area contributed by atoms with Gasteiger partial charge in [-0.05, 0) is 24.6 Å². The number of nitrogens with zero attached hydrogens (tertiary/aromatic N) is 1. The van der Waals surface area contributed by atoms with Crippen LogP contribution < -0.4 is 10.1 Å². The van der Waals surface area contributed by atoms with Crippen molar-refractivity contribution in [1.29, 1.82) is 0 Å². The van der Waals surface area contributed by atoms with Gasteiger partial charge in [0.2, 0.25) is 0 Å². The first kappa shape index (κ1) is 14.3. The number of hydrogen-bond acceptors (Lipinski definition) is 5. The Balaban J connectivity index is 2.01. The van der Waals surface area contributed by atoms with Crippen LogP contribution in [-0.4, -0.2) is 23.2 Å². The maximum Gasteiger partial charge on any atom is 0.309 e. The SMILES string of the molecule is COc1ccc(C(C)Nc2nc(CC(=O)O)cs2)cc1. The number of carbonyl (C=O) groups is 1. The molecule has 0 amide bonds. The summed E-state index contributed by atoms with van der Waals surface area (Å²) in [5.74, 6) is -0.0519. The van der Waals surface area contributed by atoms with Gasteiger partial charge < -0.3 is 15.2 Å². The van der Waals surface area contributed by atoms with E-state index in [0.717, 1.165) is 16.4 Å². The molecule has 0 fully saturated rings. The largest absolute Gasteiger partial charge is 0.497 e. The number of nitrogens with one attached hydrogen (secondary N) is 1. The van der Waals surface area contributed by atoms with Gasteiger partial charge in [-0.2, -0.15) is 0 Å². The topological polar surface area (TPSA) is 71.5 Å². The monoisotopic (exact) mass is 292 g/mol. The van der Waals surface area contributed by atoms with Crippen molar-refractivity contribution >= 4 is 22.4 Å². The smallest absolute Gasteiger partial charge is 0.309 e. The van der Waals surface area contributed by atoms with Crippen LogP contribution in [0.5, 0.6) is 5.75 Å². The van der Waals surface area contributed by atoms with Gasteiger partial charge in [-0.3, -0.25) is 4.79 Å². The molecule has 1 atom stereocenters. The number of thiazole rings is 1. The van der Waals surface area contributed by atoms with Crippen LogP contribution in [0.4, 0.5) is 5.13 Å². The van der Waals surface area contributed by atoms with E-state index in [1.54, 1.807) is 12.5 Å². The molecule has 0 bridgehead atoms. The van der Waals surface area contributed by atoms with E-state index in [1.807, 2.05) is 31.2 Å². The highest BCUT2D eigenvalue weighted by Gasteiger charge is 2.10. The summed E-state index contributed by atoms with van der Waals surface area (Å²) in [4.78, 5) is 14.9. The van der Waals surface area contributed by atoms with Crippen LogP contribution >= 0.6 is 11.3 Å². The Morgan fingerprint density at radius 2 is 2.15 bits per heavy atom. The number of aliphatic carboxylic acids is 1. The van der Waals surface area contributed by atoms with Gasteiger partial charge in [0.25, 0.3) is 0 Å². The van der Waals surface area contributed by atoms with Gasteiger partial charge in [-0.1, -0.05) is 12.1 Å². The summed E-state index contributed by atoms with van der Waals surface area (Å²) in [5, 5.41) is 14.5. The van der Waals surface area contributed by atoms with Gasteiger partial charge >= 0.3 is 5.97 Å². The Hall–Kier alpha value is -2.08. The summed E-state index contributed by atoms with van der Waals surface area (Å²) in [6, 6.07) is 7.88. The van der Waals surface area contributed by atoms with Crippen LogP contribution in [-0.2, 0) is 11.2 Å². The van der Waals surface area contributed by atoms with E-state index in [1.165, 1.54) is 11.3 Å². The summed E-state index contributed by atoms with van der Waals surface area (Å²) in [7, 11) is 1.64. The van der Waals surface area contributed by atoms with E-state index in [9.17, 15) is 4.79 Å². The molecule has 0 saturated carbocycles. The minimum absolute atomic E-state index is 0.0465. The fraction of sp³-hybridized carbons (Fsp3) is 0.286. The molecule has 20 heavy (non-hydrogen) atoms. The van der Waals surface area contributed by atoms with Crippen molar-refractivity contribution in [3.05, 3.63) is 40.9 Å². The molecule has 106 valence electrons. The number of aromatic nitrogens is 1. The first-order valence-electron chi connectivity index (χ1n) is 6.15. The molecule has 0 saturated heterocycles. The van der Waals surface area contributed by atoms with Gasteiger partial charge in [0.1, 0.15) is 5.75 Å². The molecule has 2 aromatic rings. The average molecular weight is 292 g/mol. The van der Waals surface area contributed by atoms with Crippen LogP contribution in [0.1, 0.15) is 24.2 Å². The number of anilines is 1. The maximum absolute atomic E-state index is 10.6. The van der Waals surface area contributed by atoms with E-state index in [2.05, 4.69) is 10.3 Å². The van der Waals surface area contributed by atoms with Crippen LogP contribution in [0.15, 0.2) is 29.6 Å². The second kappa shape index (κ2) is 6.38. The lowest BCUT2D eigenvalue weighted by molar-refractivity contribution is -0.136. The average Bonchev–Trinajstić information content (AvgIpc) is 2.85. The zero-order valence-corrected chi connectivity index (χ0v) is 12.1. The van der Waals surface area contributed by atoms with Crippen LogP contribution in [0.3, 0.4) is 0 Å². The molecule has 2 N–H and O–H groups in total. The van der Waals surface area contributed by atoms with Crippen molar-refractivity contribution in [3.8, 4) is 5.75 Å². The highest BCUT2D eigenvalue weighted by molar-refractivity contribution is 7.13. The molecular weight excluding hydrogens is 276 g/mol. The van der Waals surface area contributed by atoms with Gasteiger partial charge in [0.15, 0.2) is 5.13 Å². The second-order valence-electron chi connectivity index (χ2n) is 4.35. The lowest BCUT2D eigenvalue weighted by Gasteiger charge is -2.13. The Bertz CT molecular complexity index is 580. The number of rotatable bonds is 6. The molecule has 1 unspecified atom stereocenters. The number of benzene rings is 1. The highest BCUT2D eigenvalue weighted by atomic mass is 32.1. The van der Waals surface area contributed by atoms with Gasteiger partial charge in [-0.25, -0.2) is 4.98 Å². The first-order chi connectivity index (χ1) is 9.58. The third-order valence-corrected chi connectivity index (χ3v) is 3.66. The minimum atomic E-state index is -0.870. The predicted octanol–water partition coefficient (Wildman–Crippen LogP) is 2.95. The Morgan fingerprint density at radius 1 is 1.45 bits per heavy atom. The molecule has 0 aliphatic carbocycles. The third kappa shape index (κ3) is 3.71. The number of ether oxygens (including phenoxy) is 1. The van der Waals surface area contributed by atoms with Crippen molar-refractivity contribution < 1.29 is 14.6 Å². The van der Waals surface area contributed by atoms with Crippen LogP contribution in [0, 0.1) is 0 Å². The summed E-state index contributed by atoms with van der Waals surface area (Å²) < 4.78 is 5.12. The van der Waals surface area contributed by atoms with Crippen LogP contribution in [0.25, 0.3) is 0 Å². The molecule has 0 aliphatic heterocycles. The molecule has 0 spiro atoms. The molecule has 1 heterocycles. The molecule has 6 heteroatoms. The predicted molar refractivity (Wildman–Crippen MR) is 78.5 cm³/mol. The lowest BCUT2D eigenvalue weighted by Crippen LogP contribution is -2.07. The van der Waals surface area contributed by atoms with E-state index in [4.69, 9.17) is 9.84 Å².